The molecule has 0 bridgehead atoms. The van der Waals surface area contributed by atoms with E-state index in [4.69, 9.17) is 4.74 Å². The first-order chi connectivity index (χ1) is 8.70. The van der Waals surface area contributed by atoms with Crippen molar-refractivity contribution in [3.63, 3.8) is 0 Å². The number of carbonyl (C=O) groups is 1. The Labute approximate surface area is 115 Å². The molecule has 1 saturated heterocycles. The number of Topliss-reactive ketones (excluding diaryl/α,β-unsaturated/α-hetero) is 1. The van der Waals surface area contributed by atoms with Gasteiger partial charge in [0.25, 0.3) is 0 Å². The average Bonchev–Trinajstić information content (AvgIpc) is 2.78. The zero-order valence-electron chi connectivity index (χ0n) is 10.4. The van der Waals surface area contributed by atoms with E-state index in [1.54, 1.807) is 12.4 Å². The normalized spacial score (nSPS) is 23.2. The molecule has 4 nitrogen and oxygen atoms in total. The van der Waals surface area contributed by atoms with E-state index in [0.717, 1.165) is 16.6 Å². The number of nitrogens with one attached hydrogen (secondary N) is 1. The van der Waals surface area contributed by atoms with Gasteiger partial charge in [0.05, 0.1) is 19.1 Å². The molecular weight excluding hydrogens is 296 g/mol. The molecule has 1 N–H and O–H groups in total. The number of carbonyl (C=O) groups excluding carboxylic acids is 1. The first-order valence-corrected chi connectivity index (χ1v) is 6.93. The first kappa shape index (κ1) is 13.6. The lowest BCUT2D eigenvalue weighted by molar-refractivity contribution is -0.122. The van der Waals surface area contributed by atoms with Gasteiger partial charge in [-0.25, -0.2) is 0 Å². The molecule has 1 fully saturated rings. The lowest BCUT2D eigenvalue weighted by Crippen LogP contribution is -2.39. The van der Waals surface area contributed by atoms with Crippen LogP contribution >= 0.6 is 15.9 Å². The Morgan fingerprint density at radius 3 is 3.11 bits per heavy atom. The number of rotatable bonds is 5. The number of nitrogens with zero attached hydrogens (tertiary/aromatic N) is 1. The molecule has 2 unspecified atom stereocenters. The monoisotopic (exact) mass is 312 g/mol. The smallest absolute Gasteiger partial charge is 0.144 e. The van der Waals surface area contributed by atoms with Crippen molar-refractivity contribution < 1.29 is 9.53 Å². The van der Waals surface area contributed by atoms with E-state index in [1.807, 2.05) is 13.0 Å². The maximum Gasteiger partial charge on any atom is 0.144 e. The molecule has 98 valence electrons. The van der Waals surface area contributed by atoms with Crippen molar-refractivity contribution in [2.45, 2.75) is 19.4 Å². The summed E-state index contributed by atoms with van der Waals surface area (Å²) in [6.07, 6.45) is 3.87. The molecule has 2 atom stereocenters. The molecule has 1 aliphatic rings. The summed E-state index contributed by atoms with van der Waals surface area (Å²) >= 11 is 3.36. The van der Waals surface area contributed by atoms with Crippen LogP contribution < -0.4 is 5.32 Å². The van der Waals surface area contributed by atoms with Crippen molar-refractivity contribution in [2.75, 3.05) is 19.8 Å². The zero-order chi connectivity index (χ0) is 13.0. The summed E-state index contributed by atoms with van der Waals surface area (Å²) in [7, 11) is 0. The third-order valence-corrected chi connectivity index (χ3v) is 3.53. The predicted molar refractivity (Wildman–Crippen MR) is 72.4 cm³/mol. The quantitative estimate of drug-likeness (QED) is 0.897. The Hall–Kier alpha value is -0.780. The van der Waals surface area contributed by atoms with Gasteiger partial charge < -0.3 is 10.1 Å². The highest BCUT2D eigenvalue weighted by molar-refractivity contribution is 9.10. The molecule has 0 amide bonds. The Morgan fingerprint density at radius 1 is 1.56 bits per heavy atom. The van der Waals surface area contributed by atoms with Gasteiger partial charge in [0.1, 0.15) is 5.78 Å². The van der Waals surface area contributed by atoms with Crippen molar-refractivity contribution in [1.29, 1.82) is 0 Å². The van der Waals surface area contributed by atoms with Crippen molar-refractivity contribution in [1.82, 2.24) is 10.3 Å². The Kier molecular flexibility index (Phi) is 4.86. The second-order valence-electron chi connectivity index (χ2n) is 4.46. The molecule has 1 aromatic heterocycles. The number of likely N-dealkylation sites (N-methyl/N-ethyl adjacent to an activating group) is 1. The van der Waals surface area contributed by atoms with Gasteiger partial charge in [-0.1, -0.05) is 6.92 Å². The van der Waals surface area contributed by atoms with Crippen LogP contribution in [0.15, 0.2) is 22.9 Å². The van der Waals surface area contributed by atoms with Gasteiger partial charge in [-0.3, -0.25) is 9.78 Å². The first-order valence-electron chi connectivity index (χ1n) is 6.14. The minimum Gasteiger partial charge on any atom is -0.379 e. The van der Waals surface area contributed by atoms with E-state index in [2.05, 4.69) is 26.2 Å². The van der Waals surface area contributed by atoms with E-state index in [0.29, 0.717) is 19.6 Å². The summed E-state index contributed by atoms with van der Waals surface area (Å²) in [6, 6.07) is 2.09. The van der Waals surface area contributed by atoms with Gasteiger partial charge in [-0.05, 0) is 34.1 Å². The summed E-state index contributed by atoms with van der Waals surface area (Å²) in [6.45, 7) is 4.05. The van der Waals surface area contributed by atoms with E-state index in [-0.39, 0.29) is 17.7 Å². The molecule has 1 aliphatic heterocycles. The van der Waals surface area contributed by atoms with Gasteiger partial charge in [0, 0.05) is 29.3 Å². The summed E-state index contributed by atoms with van der Waals surface area (Å²) in [5, 5.41) is 3.30. The highest BCUT2D eigenvalue weighted by Gasteiger charge is 2.32. The molecule has 5 heteroatoms. The van der Waals surface area contributed by atoms with Crippen molar-refractivity contribution in [2.24, 2.45) is 5.92 Å². The van der Waals surface area contributed by atoms with Crippen molar-refractivity contribution in [3.8, 4) is 0 Å². The second-order valence-corrected chi connectivity index (χ2v) is 5.38. The van der Waals surface area contributed by atoms with Crippen LogP contribution in [0.4, 0.5) is 0 Å². The SMILES string of the molecule is CCNC1COCC1C(=O)Cc1cncc(Br)c1. The number of ketones is 1. The minimum absolute atomic E-state index is 0.0380. The average molecular weight is 313 g/mol. The lowest BCUT2D eigenvalue weighted by Gasteiger charge is -2.17. The topological polar surface area (TPSA) is 51.2 Å². The highest BCUT2D eigenvalue weighted by atomic mass is 79.9. The number of ether oxygens (including phenoxy) is 1. The highest BCUT2D eigenvalue weighted by Crippen LogP contribution is 2.18. The molecular formula is C13H17BrN2O2. The van der Waals surface area contributed by atoms with E-state index >= 15 is 0 Å². The van der Waals surface area contributed by atoms with E-state index in [9.17, 15) is 4.79 Å². The molecule has 2 heterocycles. The summed E-state index contributed by atoms with van der Waals surface area (Å²) < 4.78 is 6.30. The van der Waals surface area contributed by atoms with Crippen LogP contribution in [0.3, 0.4) is 0 Å². The number of aromatic nitrogens is 1. The van der Waals surface area contributed by atoms with Crippen LogP contribution in [-0.2, 0) is 16.0 Å². The third-order valence-electron chi connectivity index (χ3n) is 3.10. The van der Waals surface area contributed by atoms with Gasteiger partial charge in [0.15, 0.2) is 0 Å². The largest absolute Gasteiger partial charge is 0.379 e. The molecule has 0 aliphatic carbocycles. The molecule has 0 saturated carbocycles. The van der Waals surface area contributed by atoms with Crippen molar-refractivity contribution in [3.05, 3.63) is 28.5 Å². The number of halogens is 1. The number of pyridine rings is 1. The Bertz CT molecular complexity index is 425. The number of hydrogen-bond donors (Lipinski definition) is 1. The summed E-state index contributed by atoms with van der Waals surface area (Å²) in [5.74, 6) is 0.183. The maximum absolute atomic E-state index is 12.2. The van der Waals surface area contributed by atoms with Gasteiger partial charge in [0.2, 0.25) is 0 Å². The van der Waals surface area contributed by atoms with Crippen LogP contribution in [0.1, 0.15) is 12.5 Å². The molecule has 18 heavy (non-hydrogen) atoms. The maximum atomic E-state index is 12.2. The van der Waals surface area contributed by atoms with Crippen LogP contribution in [0, 0.1) is 5.92 Å². The Morgan fingerprint density at radius 2 is 2.39 bits per heavy atom. The van der Waals surface area contributed by atoms with Gasteiger partial charge >= 0.3 is 0 Å². The van der Waals surface area contributed by atoms with Crippen LogP contribution in [-0.4, -0.2) is 36.6 Å². The van der Waals surface area contributed by atoms with Crippen molar-refractivity contribution >= 4 is 21.7 Å². The van der Waals surface area contributed by atoms with Crippen LogP contribution in [0.5, 0.6) is 0 Å². The van der Waals surface area contributed by atoms with E-state index in [1.165, 1.54) is 0 Å². The fourth-order valence-corrected chi connectivity index (χ4v) is 2.63. The zero-order valence-corrected chi connectivity index (χ0v) is 11.9. The van der Waals surface area contributed by atoms with E-state index < -0.39 is 0 Å². The third kappa shape index (κ3) is 3.37. The molecule has 0 aromatic carbocycles. The molecule has 1 aromatic rings. The minimum atomic E-state index is -0.0380. The lowest BCUT2D eigenvalue weighted by atomic mass is 9.94. The summed E-state index contributed by atoms with van der Waals surface area (Å²) in [5.41, 5.74) is 0.941. The fraction of sp³-hybridized carbons (Fsp3) is 0.538. The van der Waals surface area contributed by atoms with Gasteiger partial charge in [-0.15, -0.1) is 0 Å². The number of hydrogen-bond acceptors (Lipinski definition) is 4. The molecule has 2 rings (SSSR count). The molecule has 0 radical (unpaired) electrons. The van der Waals surface area contributed by atoms with Gasteiger partial charge in [-0.2, -0.15) is 0 Å². The standard InChI is InChI=1S/C13H17BrN2O2/c1-2-16-12-8-18-7-11(12)13(17)4-9-3-10(14)6-15-5-9/h3,5-6,11-12,16H,2,4,7-8H2,1H3. The fourth-order valence-electron chi connectivity index (χ4n) is 2.22. The summed E-state index contributed by atoms with van der Waals surface area (Å²) in [4.78, 5) is 16.3. The molecule has 0 spiro atoms. The predicted octanol–water partition coefficient (Wildman–Crippen LogP) is 1.58. The second kappa shape index (κ2) is 6.41. The van der Waals surface area contributed by atoms with Crippen LogP contribution in [0.25, 0.3) is 0 Å². The van der Waals surface area contributed by atoms with Crippen LogP contribution in [0.2, 0.25) is 0 Å². The Balaban J connectivity index is 1.99.